The molecule has 0 saturated carbocycles. The summed E-state index contributed by atoms with van der Waals surface area (Å²) in [7, 11) is 1.39. The second-order valence-corrected chi connectivity index (χ2v) is 7.96. The number of aromatic nitrogens is 2. The lowest BCUT2D eigenvalue weighted by Crippen LogP contribution is -2.35. The number of rotatable bonds is 5. The maximum atomic E-state index is 13.8. The van der Waals surface area contributed by atoms with Crippen LogP contribution in [0.15, 0.2) is 41.5 Å². The van der Waals surface area contributed by atoms with E-state index in [-0.39, 0.29) is 23.2 Å². The Morgan fingerprint density at radius 2 is 1.79 bits per heavy atom. The van der Waals surface area contributed by atoms with E-state index in [4.69, 9.17) is 4.74 Å². The van der Waals surface area contributed by atoms with Gasteiger partial charge in [-0.15, -0.1) is 0 Å². The average molecular weight is 487 g/mol. The van der Waals surface area contributed by atoms with E-state index in [0.29, 0.717) is 17.6 Å². The zero-order valence-corrected chi connectivity index (χ0v) is 17.8. The highest BCUT2D eigenvalue weighted by Crippen LogP contribution is 2.36. The summed E-state index contributed by atoms with van der Waals surface area (Å²) >= 11 is 0. The van der Waals surface area contributed by atoms with Crippen LogP contribution in [0, 0.1) is 5.82 Å². The van der Waals surface area contributed by atoms with Gasteiger partial charge in [0.1, 0.15) is 19.1 Å². The Bertz CT molecular complexity index is 1290. The number of hydrogen-bond donors (Lipinski definition) is 0. The lowest BCUT2D eigenvalue weighted by atomic mass is 10.0. The van der Waals surface area contributed by atoms with E-state index >= 15 is 0 Å². The zero-order chi connectivity index (χ0) is 24.8. The summed E-state index contributed by atoms with van der Waals surface area (Å²) in [6.45, 7) is -1.40. The molecule has 12 heteroatoms. The molecule has 3 aromatic rings. The molecule has 0 bridgehead atoms. The van der Waals surface area contributed by atoms with Gasteiger partial charge in [-0.1, -0.05) is 6.07 Å². The Hall–Kier alpha value is -3.28. The van der Waals surface area contributed by atoms with Crippen molar-refractivity contribution in [3.05, 3.63) is 58.4 Å². The van der Waals surface area contributed by atoms with E-state index in [1.165, 1.54) is 30.1 Å². The van der Waals surface area contributed by atoms with Crippen LogP contribution in [-0.4, -0.2) is 52.5 Å². The number of benzene rings is 1. The monoisotopic (exact) mass is 487 g/mol. The molecule has 0 radical (unpaired) electrons. The fraction of sp³-hybridized carbons (Fsp3) is 0.364. The van der Waals surface area contributed by atoms with E-state index in [0.717, 1.165) is 15.5 Å². The molecule has 6 nitrogen and oxygen atoms in total. The van der Waals surface area contributed by atoms with Crippen LogP contribution in [0.4, 0.5) is 26.3 Å². The van der Waals surface area contributed by atoms with Crippen LogP contribution in [0.1, 0.15) is 5.56 Å². The predicted molar refractivity (Wildman–Crippen MR) is 110 cm³/mol. The molecule has 2 atom stereocenters. The largest absolute Gasteiger partial charge is 0.419 e. The van der Waals surface area contributed by atoms with Crippen molar-refractivity contribution >= 4 is 16.8 Å². The summed E-state index contributed by atoms with van der Waals surface area (Å²) < 4.78 is 88.0. The van der Waals surface area contributed by atoms with Gasteiger partial charge >= 0.3 is 6.18 Å². The van der Waals surface area contributed by atoms with Crippen molar-refractivity contribution < 1.29 is 35.9 Å². The van der Waals surface area contributed by atoms with Crippen molar-refractivity contribution in [3.63, 3.8) is 0 Å². The SMILES string of the molecule is COCn1cc(-c2ccc(F)c(C(F)(F)F)c2)c2c(=O)n(CC(=O)N3CC(F)C(F)C3)ccc21. The summed E-state index contributed by atoms with van der Waals surface area (Å²) in [5.74, 6) is -2.13. The molecule has 182 valence electrons. The second-order valence-electron chi connectivity index (χ2n) is 7.96. The van der Waals surface area contributed by atoms with E-state index in [1.807, 2.05) is 0 Å². The molecule has 4 rings (SSSR count). The first-order valence-electron chi connectivity index (χ1n) is 10.2. The number of pyridine rings is 1. The quantitative estimate of drug-likeness (QED) is 0.516. The Labute approximate surface area is 188 Å². The summed E-state index contributed by atoms with van der Waals surface area (Å²) in [5.41, 5.74) is -1.86. The van der Waals surface area contributed by atoms with Crippen LogP contribution < -0.4 is 5.56 Å². The zero-order valence-electron chi connectivity index (χ0n) is 17.8. The van der Waals surface area contributed by atoms with Crippen molar-refractivity contribution in [2.75, 3.05) is 20.2 Å². The number of methoxy groups -OCH3 is 1. The summed E-state index contributed by atoms with van der Waals surface area (Å²) in [4.78, 5) is 26.7. The third-order valence-corrected chi connectivity index (χ3v) is 5.70. The fourth-order valence-corrected chi connectivity index (χ4v) is 4.02. The van der Waals surface area contributed by atoms with Crippen LogP contribution in [0.5, 0.6) is 0 Å². The topological polar surface area (TPSA) is 56.5 Å². The van der Waals surface area contributed by atoms with Gasteiger partial charge in [0.25, 0.3) is 5.56 Å². The van der Waals surface area contributed by atoms with Crippen molar-refractivity contribution in [2.45, 2.75) is 31.8 Å². The predicted octanol–water partition coefficient (Wildman–Crippen LogP) is 3.75. The number of amides is 1. The average Bonchev–Trinajstić information content (AvgIpc) is 3.30. The van der Waals surface area contributed by atoms with E-state index < -0.39 is 61.0 Å². The first-order valence-corrected chi connectivity index (χ1v) is 10.2. The number of fused-ring (bicyclic) bond motifs is 1. The van der Waals surface area contributed by atoms with E-state index in [2.05, 4.69) is 0 Å². The maximum Gasteiger partial charge on any atom is 0.419 e. The molecular formula is C22H19F6N3O3. The Morgan fingerprint density at radius 3 is 2.41 bits per heavy atom. The van der Waals surface area contributed by atoms with Crippen LogP contribution in [0.3, 0.4) is 0 Å². The molecule has 1 aromatic carbocycles. The standard InChI is InChI=1S/C22H19F6N3O3/c1-34-11-31-7-13(12-2-3-15(23)14(6-12)22(26,27)28)20-18(31)4-5-29(21(20)33)10-19(32)30-8-16(24)17(25)9-30/h2-7,16-17H,8-11H2,1H3. The number of ether oxygens (including phenoxy) is 1. The molecule has 2 unspecified atom stereocenters. The Morgan fingerprint density at radius 1 is 1.12 bits per heavy atom. The third kappa shape index (κ3) is 4.29. The number of halogens is 6. The van der Waals surface area contributed by atoms with Crippen LogP contribution in [0.25, 0.3) is 22.0 Å². The van der Waals surface area contributed by atoms with Gasteiger partial charge in [0.15, 0.2) is 12.3 Å². The summed E-state index contributed by atoms with van der Waals surface area (Å²) in [6.07, 6.45) is -5.86. The van der Waals surface area contributed by atoms with Gasteiger partial charge in [-0.25, -0.2) is 13.2 Å². The molecule has 1 aliphatic rings. The number of carbonyl (C=O) groups excluding carboxylic acids is 1. The summed E-state index contributed by atoms with van der Waals surface area (Å²) in [5, 5.41) is -0.0137. The minimum atomic E-state index is -4.95. The molecule has 34 heavy (non-hydrogen) atoms. The number of alkyl halides is 5. The van der Waals surface area contributed by atoms with Gasteiger partial charge < -0.3 is 18.8 Å². The molecule has 1 amide bonds. The summed E-state index contributed by atoms with van der Waals surface area (Å²) in [6, 6.07) is 3.86. The van der Waals surface area contributed by atoms with E-state index in [1.54, 1.807) is 0 Å². The van der Waals surface area contributed by atoms with Gasteiger partial charge in [-0.2, -0.15) is 13.2 Å². The van der Waals surface area contributed by atoms with Crippen molar-refractivity contribution in [3.8, 4) is 11.1 Å². The molecule has 0 N–H and O–H groups in total. The molecule has 2 aromatic heterocycles. The van der Waals surface area contributed by atoms with Crippen molar-refractivity contribution in [2.24, 2.45) is 0 Å². The molecule has 3 heterocycles. The number of hydrogen-bond acceptors (Lipinski definition) is 3. The highest BCUT2D eigenvalue weighted by Gasteiger charge is 2.36. The molecule has 1 aliphatic heterocycles. The maximum absolute atomic E-state index is 13.8. The number of nitrogens with zero attached hydrogens (tertiary/aromatic N) is 3. The van der Waals surface area contributed by atoms with Crippen LogP contribution in [0.2, 0.25) is 0 Å². The second kappa shape index (κ2) is 8.82. The minimum absolute atomic E-state index is 0.0137. The van der Waals surface area contributed by atoms with Crippen LogP contribution >= 0.6 is 0 Å². The van der Waals surface area contributed by atoms with Crippen molar-refractivity contribution in [1.82, 2.24) is 14.0 Å². The highest BCUT2D eigenvalue weighted by molar-refractivity contribution is 5.95. The highest BCUT2D eigenvalue weighted by atomic mass is 19.4. The number of likely N-dealkylation sites (tertiary alicyclic amines) is 1. The van der Waals surface area contributed by atoms with Gasteiger partial charge in [-0.05, 0) is 23.8 Å². The first-order chi connectivity index (χ1) is 16.0. The molecular weight excluding hydrogens is 468 g/mol. The first kappa shape index (κ1) is 23.9. The van der Waals surface area contributed by atoms with Crippen LogP contribution in [-0.2, 0) is 29.0 Å². The lowest BCUT2D eigenvalue weighted by Gasteiger charge is -2.16. The van der Waals surface area contributed by atoms with Gasteiger partial charge in [0.05, 0.1) is 29.6 Å². The smallest absolute Gasteiger partial charge is 0.364 e. The number of carbonyl (C=O) groups is 1. The van der Waals surface area contributed by atoms with Gasteiger partial charge in [0.2, 0.25) is 5.91 Å². The minimum Gasteiger partial charge on any atom is -0.364 e. The van der Waals surface area contributed by atoms with Crippen molar-refractivity contribution in [1.29, 1.82) is 0 Å². The van der Waals surface area contributed by atoms with Gasteiger partial charge in [-0.3, -0.25) is 9.59 Å². The Kier molecular flexibility index (Phi) is 6.19. The lowest BCUT2D eigenvalue weighted by molar-refractivity contribution is -0.140. The van der Waals surface area contributed by atoms with E-state index in [9.17, 15) is 35.9 Å². The molecule has 0 aliphatic carbocycles. The molecule has 1 saturated heterocycles. The fourth-order valence-electron chi connectivity index (χ4n) is 4.02. The molecule has 0 spiro atoms. The normalized spacial score (nSPS) is 18.7. The molecule has 1 fully saturated rings. The van der Waals surface area contributed by atoms with Gasteiger partial charge in [0, 0.05) is 25.1 Å². The Balaban J connectivity index is 1.81. The third-order valence-electron chi connectivity index (χ3n) is 5.70.